The predicted molar refractivity (Wildman–Crippen MR) is 107 cm³/mol. The van der Waals surface area contributed by atoms with Crippen molar-refractivity contribution in [2.75, 3.05) is 20.2 Å². The first-order valence-electron chi connectivity index (χ1n) is 9.68. The lowest BCUT2D eigenvalue weighted by Gasteiger charge is -2.23. The van der Waals surface area contributed by atoms with Gasteiger partial charge in [-0.3, -0.25) is 14.4 Å². The highest BCUT2D eigenvalue weighted by Crippen LogP contribution is 2.25. The van der Waals surface area contributed by atoms with Gasteiger partial charge in [0.05, 0.1) is 30.6 Å². The number of hydrogen-bond acceptors (Lipinski definition) is 6. The van der Waals surface area contributed by atoms with E-state index in [0.29, 0.717) is 29.9 Å². The molecule has 2 aromatic heterocycles. The summed E-state index contributed by atoms with van der Waals surface area (Å²) < 4.78 is 6.91. The third kappa shape index (κ3) is 4.51. The number of nitrogens with one attached hydrogen (secondary N) is 3. The Labute approximate surface area is 173 Å². The summed E-state index contributed by atoms with van der Waals surface area (Å²) >= 11 is 0. The Morgan fingerprint density at radius 1 is 1.50 bits per heavy atom. The molecule has 1 unspecified atom stereocenters. The topological polar surface area (TPSA) is 138 Å². The van der Waals surface area contributed by atoms with Gasteiger partial charge in [0.15, 0.2) is 0 Å². The van der Waals surface area contributed by atoms with Gasteiger partial charge in [0, 0.05) is 25.7 Å². The molecule has 1 saturated heterocycles. The van der Waals surface area contributed by atoms with Crippen molar-refractivity contribution >= 4 is 28.6 Å². The van der Waals surface area contributed by atoms with Gasteiger partial charge >= 0.3 is 0 Å². The molecule has 0 aliphatic carbocycles. The average Bonchev–Trinajstić information content (AvgIpc) is 3.09. The average molecular weight is 412 g/mol. The molecule has 10 nitrogen and oxygen atoms in total. The zero-order valence-corrected chi connectivity index (χ0v) is 16.9. The van der Waals surface area contributed by atoms with E-state index >= 15 is 0 Å². The van der Waals surface area contributed by atoms with Crippen LogP contribution in [0.2, 0.25) is 0 Å². The van der Waals surface area contributed by atoms with Crippen molar-refractivity contribution < 1.29 is 19.1 Å². The number of methoxy groups -OCH3 is 1. The monoisotopic (exact) mass is 412 g/mol. The van der Waals surface area contributed by atoms with E-state index in [-0.39, 0.29) is 24.8 Å². The molecule has 3 heterocycles. The zero-order chi connectivity index (χ0) is 21.7. The number of fused-ring (bicyclic) bond motifs is 1. The maximum atomic E-state index is 12.6. The molecule has 2 atom stereocenters. The summed E-state index contributed by atoms with van der Waals surface area (Å²) in [5.41, 5.74) is 1.12. The number of aryl methyl sites for hydroxylation is 1. The Bertz CT molecular complexity index is 1010. The minimum Gasteiger partial charge on any atom is -0.481 e. The largest absolute Gasteiger partial charge is 0.481 e. The van der Waals surface area contributed by atoms with Gasteiger partial charge in [-0.2, -0.15) is 5.26 Å². The van der Waals surface area contributed by atoms with Crippen LogP contribution in [0.3, 0.4) is 0 Å². The highest BCUT2D eigenvalue weighted by Gasteiger charge is 2.26. The maximum Gasteiger partial charge on any atom is 0.268 e. The van der Waals surface area contributed by atoms with Gasteiger partial charge in [0.1, 0.15) is 11.7 Å². The fraction of sp³-hybridized carbons (Fsp3) is 0.450. The number of amides is 3. The molecule has 158 valence electrons. The van der Waals surface area contributed by atoms with E-state index in [9.17, 15) is 19.6 Å². The molecule has 0 bridgehead atoms. The Hall–Kier alpha value is -3.61. The van der Waals surface area contributed by atoms with E-state index in [1.165, 1.54) is 7.11 Å². The van der Waals surface area contributed by atoms with Crippen molar-refractivity contribution in [3.8, 4) is 11.9 Å². The molecule has 3 N–H and O–H groups in total. The van der Waals surface area contributed by atoms with Crippen molar-refractivity contribution in [1.29, 1.82) is 5.26 Å². The second-order valence-corrected chi connectivity index (χ2v) is 7.14. The first-order chi connectivity index (χ1) is 14.4. The number of rotatable bonds is 7. The highest BCUT2D eigenvalue weighted by atomic mass is 16.5. The zero-order valence-electron chi connectivity index (χ0n) is 16.9. The van der Waals surface area contributed by atoms with Crippen molar-refractivity contribution in [2.45, 2.75) is 25.3 Å². The molecule has 1 aliphatic rings. The standard InChI is InChI=1S/C20H24N6O4/c1-26-15-5-7-23-20(30-2)14(15)9-16(26)19(29)24-11-17(27)25-13(10-21)8-12-4-3-6-22-18(12)28/h5,7,9,12-13H,3-4,6,8,11H2,1-2H3,(H,22,28)(H,24,29)(H,25,27)/t12-,13?/m0/s1. The number of ether oxygens (including phenoxy) is 1. The molecule has 10 heteroatoms. The lowest BCUT2D eigenvalue weighted by atomic mass is 9.92. The van der Waals surface area contributed by atoms with Crippen LogP contribution in [-0.4, -0.2) is 53.5 Å². The van der Waals surface area contributed by atoms with Gasteiger partial charge in [-0.05, 0) is 31.4 Å². The van der Waals surface area contributed by atoms with Crippen LogP contribution >= 0.6 is 0 Å². The molecule has 0 spiro atoms. The van der Waals surface area contributed by atoms with Gasteiger partial charge in [0.2, 0.25) is 17.7 Å². The first kappa shape index (κ1) is 21.1. The van der Waals surface area contributed by atoms with E-state index in [4.69, 9.17) is 4.74 Å². The summed E-state index contributed by atoms with van der Waals surface area (Å²) in [6.07, 6.45) is 3.38. The number of carbonyl (C=O) groups excluding carboxylic acids is 3. The molecular weight excluding hydrogens is 388 g/mol. The van der Waals surface area contributed by atoms with Crippen molar-refractivity contribution in [2.24, 2.45) is 13.0 Å². The van der Waals surface area contributed by atoms with Crippen molar-refractivity contribution in [3.63, 3.8) is 0 Å². The van der Waals surface area contributed by atoms with Crippen molar-refractivity contribution in [3.05, 3.63) is 24.0 Å². The minimum absolute atomic E-state index is 0.0928. The quantitative estimate of drug-likeness (QED) is 0.595. The van der Waals surface area contributed by atoms with Gasteiger partial charge in [-0.1, -0.05) is 0 Å². The minimum atomic E-state index is -0.795. The molecule has 0 saturated carbocycles. The SMILES string of the molecule is COc1nccc2c1cc(C(=O)NCC(=O)NC(C#N)C[C@@H]1CCCNC1=O)n2C. The number of pyridine rings is 1. The molecule has 1 fully saturated rings. The number of nitrogens with zero attached hydrogens (tertiary/aromatic N) is 3. The fourth-order valence-corrected chi connectivity index (χ4v) is 3.60. The Morgan fingerprint density at radius 3 is 3.00 bits per heavy atom. The second kappa shape index (κ2) is 9.26. The molecule has 3 amide bonds. The number of aromatic nitrogens is 2. The predicted octanol–water partition coefficient (Wildman–Crippen LogP) is 0.236. The number of carbonyl (C=O) groups is 3. The van der Waals surface area contributed by atoms with E-state index in [2.05, 4.69) is 20.9 Å². The van der Waals surface area contributed by atoms with E-state index in [0.717, 1.165) is 11.9 Å². The molecular formula is C20H24N6O4. The maximum absolute atomic E-state index is 12.6. The van der Waals surface area contributed by atoms with Crippen LogP contribution in [0.25, 0.3) is 10.9 Å². The lowest BCUT2D eigenvalue weighted by molar-refractivity contribution is -0.127. The van der Waals surface area contributed by atoms with Crippen LogP contribution in [0.4, 0.5) is 0 Å². The first-order valence-corrected chi connectivity index (χ1v) is 9.68. The van der Waals surface area contributed by atoms with Crippen LogP contribution in [-0.2, 0) is 16.6 Å². The Morgan fingerprint density at radius 2 is 2.30 bits per heavy atom. The van der Waals surface area contributed by atoms with E-state index in [1.54, 1.807) is 29.9 Å². The van der Waals surface area contributed by atoms with Crippen LogP contribution in [0.1, 0.15) is 29.8 Å². The molecule has 30 heavy (non-hydrogen) atoms. The number of piperidine rings is 1. The molecule has 3 rings (SSSR count). The highest BCUT2D eigenvalue weighted by molar-refractivity contribution is 6.01. The summed E-state index contributed by atoms with van der Waals surface area (Å²) in [6, 6.07) is 4.63. The molecule has 0 aromatic carbocycles. The number of nitriles is 1. The summed E-state index contributed by atoms with van der Waals surface area (Å²) in [6.45, 7) is 0.353. The van der Waals surface area contributed by atoms with Crippen LogP contribution < -0.4 is 20.7 Å². The third-order valence-electron chi connectivity index (χ3n) is 5.18. The Kier molecular flexibility index (Phi) is 6.51. The van der Waals surface area contributed by atoms with Gasteiger partial charge in [-0.15, -0.1) is 0 Å². The second-order valence-electron chi connectivity index (χ2n) is 7.14. The third-order valence-corrected chi connectivity index (χ3v) is 5.18. The molecule has 2 aromatic rings. The molecule has 1 aliphatic heterocycles. The smallest absolute Gasteiger partial charge is 0.268 e. The van der Waals surface area contributed by atoms with Gasteiger partial charge in [0.25, 0.3) is 5.91 Å². The summed E-state index contributed by atoms with van der Waals surface area (Å²) in [4.78, 5) is 40.7. The van der Waals surface area contributed by atoms with Crippen LogP contribution in [0, 0.1) is 17.2 Å². The van der Waals surface area contributed by atoms with Crippen molar-refractivity contribution in [1.82, 2.24) is 25.5 Å². The van der Waals surface area contributed by atoms with Gasteiger partial charge < -0.3 is 25.3 Å². The van der Waals surface area contributed by atoms with Gasteiger partial charge in [-0.25, -0.2) is 4.98 Å². The Balaban J connectivity index is 1.58. The fourth-order valence-electron chi connectivity index (χ4n) is 3.60. The van der Waals surface area contributed by atoms with Crippen LogP contribution in [0.15, 0.2) is 18.3 Å². The number of hydrogen-bond donors (Lipinski definition) is 3. The normalized spacial score (nSPS) is 17.0. The van der Waals surface area contributed by atoms with E-state index in [1.807, 2.05) is 6.07 Å². The van der Waals surface area contributed by atoms with Crippen LogP contribution in [0.5, 0.6) is 5.88 Å². The molecule has 0 radical (unpaired) electrons. The summed E-state index contributed by atoms with van der Waals surface area (Å²) in [5, 5.41) is 17.9. The van der Waals surface area contributed by atoms with E-state index < -0.39 is 17.9 Å². The summed E-state index contributed by atoms with van der Waals surface area (Å²) in [7, 11) is 3.24. The lowest BCUT2D eigenvalue weighted by Crippen LogP contribution is -2.45. The summed E-state index contributed by atoms with van der Waals surface area (Å²) in [5.74, 6) is -0.916.